The highest BCUT2D eigenvalue weighted by Gasteiger charge is 2.17. The molecule has 0 fully saturated rings. The van der Waals surface area contributed by atoms with E-state index in [1.807, 2.05) is 0 Å². The molecule has 108 valence electrons. The van der Waals surface area contributed by atoms with Gasteiger partial charge in [-0.25, -0.2) is 13.8 Å². The molecule has 0 amide bonds. The molecule has 0 radical (unpaired) electrons. The summed E-state index contributed by atoms with van der Waals surface area (Å²) in [5.74, 6) is -0.675. The predicted molar refractivity (Wildman–Crippen MR) is 79.9 cm³/mol. The normalized spacial score (nSPS) is 11.2. The third-order valence-electron chi connectivity index (χ3n) is 3.16. The van der Waals surface area contributed by atoms with Crippen LogP contribution in [0.3, 0.4) is 0 Å². The van der Waals surface area contributed by atoms with Gasteiger partial charge < -0.3 is 4.98 Å². The van der Waals surface area contributed by atoms with E-state index in [0.29, 0.717) is 16.2 Å². The number of hydrogen-bond donors (Lipinski definition) is 1. The van der Waals surface area contributed by atoms with Gasteiger partial charge in [-0.3, -0.25) is 4.79 Å². The van der Waals surface area contributed by atoms with E-state index < -0.39 is 17.2 Å². The zero-order valence-electron chi connectivity index (χ0n) is 10.8. The van der Waals surface area contributed by atoms with Crippen molar-refractivity contribution in [1.29, 1.82) is 0 Å². The molecule has 3 aromatic rings. The fourth-order valence-electron chi connectivity index (χ4n) is 2.11. The summed E-state index contributed by atoms with van der Waals surface area (Å²) in [6, 6.07) is 2.21. The van der Waals surface area contributed by atoms with E-state index in [-0.39, 0.29) is 22.4 Å². The first-order chi connectivity index (χ1) is 10.0. The Kier molecular flexibility index (Phi) is 3.51. The molecular weight excluding hydrogens is 318 g/mol. The Morgan fingerprint density at radius 2 is 2.05 bits per heavy atom. The Morgan fingerprint density at radius 1 is 1.29 bits per heavy atom. The van der Waals surface area contributed by atoms with Gasteiger partial charge >= 0.3 is 0 Å². The highest BCUT2D eigenvalue weighted by molar-refractivity contribution is 7.17. The number of fused-ring (bicyclic) bond motifs is 1. The molecule has 0 unspecified atom stereocenters. The van der Waals surface area contributed by atoms with Crippen molar-refractivity contribution < 1.29 is 8.78 Å². The second kappa shape index (κ2) is 5.20. The summed E-state index contributed by atoms with van der Waals surface area (Å²) in [5.41, 5.74) is 0.191. The van der Waals surface area contributed by atoms with Crippen molar-refractivity contribution in [2.45, 2.75) is 12.8 Å². The van der Waals surface area contributed by atoms with Crippen LogP contribution < -0.4 is 5.56 Å². The maximum absolute atomic E-state index is 14.1. The number of nitrogens with one attached hydrogen (secondary N) is 1. The second-order valence-corrected chi connectivity index (χ2v) is 5.68. The molecule has 0 aliphatic heterocycles. The number of aryl methyl sites for hydroxylation is 1. The highest BCUT2D eigenvalue weighted by Crippen LogP contribution is 2.33. The molecule has 0 spiro atoms. The van der Waals surface area contributed by atoms with Crippen molar-refractivity contribution in [3.63, 3.8) is 0 Å². The van der Waals surface area contributed by atoms with Crippen LogP contribution in [0.25, 0.3) is 21.3 Å². The minimum atomic E-state index is -0.575. The monoisotopic (exact) mass is 326 g/mol. The number of thiophene rings is 1. The third-order valence-corrected chi connectivity index (χ3v) is 4.28. The van der Waals surface area contributed by atoms with Crippen LogP contribution in [0.4, 0.5) is 8.78 Å². The summed E-state index contributed by atoms with van der Waals surface area (Å²) < 4.78 is 27.8. The number of aromatic nitrogens is 2. The third kappa shape index (κ3) is 2.34. The molecule has 0 bridgehead atoms. The SMILES string of the molecule is Cc1cc(F)c(-c2csc3nc(CCl)[nH]c(=O)c23)cc1F. The molecule has 0 saturated carbocycles. The Balaban J connectivity index is 2.32. The molecule has 2 heterocycles. The van der Waals surface area contributed by atoms with Gasteiger partial charge in [0.05, 0.1) is 11.3 Å². The largest absolute Gasteiger partial charge is 0.309 e. The Labute approximate surface area is 127 Å². The van der Waals surface area contributed by atoms with Crippen LogP contribution in [-0.2, 0) is 5.88 Å². The van der Waals surface area contributed by atoms with Crippen LogP contribution in [0.2, 0.25) is 0 Å². The first kappa shape index (κ1) is 14.2. The summed E-state index contributed by atoms with van der Waals surface area (Å²) in [4.78, 5) is 19.3. The van der Waals surface area contributed by atoms with Crippen LogP contribution in [0.1, 0.15) is 11.4 Å². The topological polar surface area (TPSA) is 45.8 Å². The van der Waals surface area contributed by atoms with Crippen LogP contribution in [0, 0.1) is 18.6 Å². The van der Waals surface area contributed by atoms with Crippen molar-refractivity contribution in [2.24, 2.45) is 0 Å². The number of alkyl halides is 1. The molecule has 0 saturated heterocycles. The molecule has 3 nitrogen and oxygen atoms in total. The molecule has 2 aromatic heterocycles. The predicted octanol–water partition coefficient (Wildman–Crippen LogP) is 3.98. The maximum Gasteiger partial charge on any atom is 0.260 e. The average molecular weight is 327 g/mol. The fourth-order valence-corrected chi connectivity index (χ4v) is 3.19. The lowest BCUT2D eigenvalue weighted by atomic mass is 10.0. The number of halogens is 3. The molecule has 7 heteroatoms. The zero-order valence-corrected chi connectivity index (χ0v) is 12.4. The number of nitrogens with zero attached hydrogens (tertiary/aromatic N) is 1. The first-order valence-electron chi connectivity index (χ1n) is 6.03. The smallest absolute Gasteiger partial charge is 0.260 e. The van der Waals surface area contributed by atoms with E-state index in [2.05, 4.69) is 9.97 Å². The number of H-pyrrole nitrogens is 1. The Morgan fingerprint density at radius 3 is 2.76 bits per heavy atom. The van der Waals surface area contributed by atoms with Gasteiger partial charge in [0.25, 0.3) is 5.56 Å². The molecule has 0 aliphatic rings. The molecule has 21 heavy (non-hydrogen) atoms. The van der Waals surface area contributed by atoms with E-state index in [4.69, 9.17) is 11.6 Å². The van der Waals surface area contributed by atoms with Crippen molar-refractivity contribution in [1.82, 2.24) is 9.97 Å². The van der Waals surface area contributed by atoms with Gasteiger partial charge in [-0.05, 0) is 24.6 Å². The second-order valence-electron chi connectivity index (χ2n) is 4.56. The molecule has 0 aliphatic carbocycles. The maximum atomic E-state index is 14.1. The quantitative estimate of drug-likeness (QED) is 0.724. The van der Waals surface area contributed by atoms with Crippen molar-refractivity contribution in [2.75, 3.05) is 0 Å². The van der Waals surface area contributed by atoms with E-state index >= 15 is 0 Å². The standard InChI is InChI=1S/C14H9ClF2N2OS/c1-6-2-10(17)7(3-9(6)16)8-5-21-14-12(8)13(20)18-11(4-15)19-14/h2-3,5H,4H2,1H3,(H,18,19,20). The first-order valence-corrected chi connectivity index (χ1v) is 7.45. The lowest BCUT2D eigenvalue weighted by Crippen LogP contribution is -2.10. The van der Waals surface area contributed by atoms with Crippen molar-refractivity contribution in [3.05, 3.63) is 50.9 Å². The molecule has 1 N–H and O–H groups in total. The lowest BCUT2D eigenvalue weighted by molar-refractivity contribution is 0.595. The van der Waals surface area contributed by atoms with E-state index in [0.717, 1.165) is 12.1 Å². The Hall–Kier alpha value is -1.79. The fraction of sp³-hybridized carbons (Fsp3) is 0.143. The van der Waals surface area contributed by atoms with Gasteiger partial charge in [-0.15, -0.1) is 22.9 Å². The number of benzene rings is 1. The minimum absolute atomic E-state index is 0.0512. The molecule has 1 aromatic carbocycles. The van der Waals surface area contributed by atoms with Crippen LogP contribution >= 0.6 is 22.9 Å². The van der Waals surface area contributed by atoms with Crippen LogP contribution in [-0.4, -0.2) is 9.97 Å². The van der Waals surface area contributed by atoms with Crippen molar-refractivity contribution >= 4 is 33.2 Å². The van der Waals surface area contributed by atoms with Gasteiger partial charge in [-0.2, -0.15) is 0 Å². The number of hydrogen-bond acceptors (Lipinski definition) is 3. The lowest BCUT2D eigenvalue weighted by Gasteiger charge is -2.04. The van der Waals surface area contributed by atoms with Gasteiger partial charge in [0.1, 0.15) is 22.3 Å². The van der Waals surface area contributed by atoms with Gasteiger partial charge in [0.15, 0.2) is 0 Å². The molecular formula is C14H9ClF2N2OS. The average Bonchev–Trinajstić information content (AvgIpc) is 2.87. The Bertz CT molecular complexity index is 904. The number of aromatic amines is 1. The summed E-state index contributed by atoms with van der Waals surface area (Å²) in [6.45, 7) is 1.48. The highest BCUT2D eigenvalue weighted by atomic mass is 35.5. The summed E-state index contributed by atoms with van der Waals surface area (Å²) in [5, 5.41) is 1.84. The van der Waals surface area contributed by atoms with E-state index in [1.54, 1.807) is 5.38 Å². The van der Waals surface area contributed by atoms with E-state index in [1.165, 1.54) is 18.3 Å². The van der Waals surface area contributed by atoms with E-state index in [9.17, 15) is 13.6 Å². The number of rotatable bonds is 2. The molecule has 3 rings (SSSR count). The summed E-state index contributed by atoms with van der Waals surface area (Å²) >= 11 is 6.84. The van der Waals surface area contributed by atoms with Gasteiger partial charge in [-0.1, -0.05) is 0 Å². The van der Waals surface area contributed by atoms with Crippen molar-refractivity contribution in [3.8, 4) is 11.1 Å². The van der Waals surface area contributed by atoms with Gasteiger partial charge in [0, 0.05) is 16.5 Å². The zero-order chi connectivity index (χ0) is 15.1. The van der Waals surface area contributed by atoms with Gasteiger partial charge in [0.2, 0.25) is 0 Å². The molecule has 0 atom stereocenters. The summed E-state index contributed by atoms with van der Waals surface area (Å²) in [6.07, 6.45) is 0. The van der Waals surface area contributed by atoms with Crippen LogP contribution in [0.15, 0.2) is 22.3 Å². The van der Waals surface area contributed by atoms with Crippen LogP contribution in [0.5, 0.6) is 0 Å². The summed E-state index contributed by atoms with van der Waals surface area (Å²) in [7, 11) is 0. The minimum Gasteiger partial charge on any atom is -0.309 e.